The first kappa shape index (κ1) is 21.7. The van der Waals surface area contributed by atoms with Crippen molar-refractivity contribution in [3.63, 3.8) is 0 Å². The lowest BCUT2D eigenvalue weighted by Crippen LogP contribution is -2.29. The van der Waals surface area contributed by atoms with Crippen molar-refractivity contribution >= 4 is 10.8 Å². The van der Waals surface area contributed by atoms with Gasteiger partial charge >= 0.3 is 0 Å². The van der Waals surface area contributed by atoms with E-state index >= 15 is 0 Å². The Hall–Kier alpha value is -3.10. The molecular formula is C31H33NO. The average Bonchev–Trinajstić information content (AvgIpc) is 3.32. The van der Waals surface area contributed by atoms with Gasteiger partial charge in [-0.1, -0.05) is 84.9 Å². The molecule has 0 radical (unpaired) electrons. The minimum atomic E-state index is 0.343. The van der Waals surface area contributed by atoms with Gasteiger partial charge in [-0.05, 0) is 78.1 Å². The molecule has 2 heteroatoms. The summed E-state index contributed by atoms with van der Waals surface area (Å²) in [6.07, 6.45) is 3.66. The molecule has 1 saturated carbocycles. The maximum absolute atomic E-state index is 6.09. The summed E-state index contributed by atoms with van der Waals surface area (Å²) in [6.45, 7) is 5.08. The van der Waals surface area contributed by atoms with Crippen LogP contribution in [0, 0.1) is 6.92 Å². The minimum absolute atomic E-state index is 0.343. The first-order chi connectivity index (χ1) is 16.2. The molecular weight excluding hydrogens is 402 g/mol. The molecule has 33 heavy (non-hydrogen) atoms. The molecule has 1 aliphatic carbocycles. The van der Waals surface area contributed by atoms with E-state index in [1.807, 2.05) is 6.07 Å². The molecule has 4 aromatic rings. The van der Waals surface area contributed by atoms with Gasteiger partial charge in [-0.25, -0.2) is 0 Å². The molecule has 1 unspecified atom stereocenters. The zero-order valence-corrected chi connectivity index (χ0v) is 19.6. The first-order valence-corrected chi connectivity index (χ1v) is 12.2. The standard InChI is InChI=1S/C31H33NO/c1-22-19-26(16-18-31(22)33-21-24-9-4-3-5-10-24)27-15-17-28(20-27)32-23(2)29-14-8-12-25-11-6-7-13-30(25)29/h3-14,16,18-19,23,27-28,32H,15,17,20-21H2,1-2H3/t23-,27-,28?/m1/s1. The second-order valence-corrected chi connectivity index (χ2v) is 9.46. The molecule has 4 aromatic carbocycles. The zero-order chi connectivity index (χ0) is 22.6. The lowest BCUT2D eigenvalue weighted by molar-refractivity contribution is 0.304. The van der Waals surface area contributed by atoms with Crippen molar-refractivity contribution in [2.24, 2.45) is 0 Å². The lowest BCUT2D eigenvalue weighted by Gasteiger charge is -2.22. The number of ether oxygens (including phenoxy) is 1. The van der Waals surface area contributed by atoms with Crippen LogP contribution in [-0.2, 0) is 6.61 Å². The van der Waals surface area contributed by atoms with E-state index in [4.69, 9.17) is 4.74 Å². The van der Waals surface area contributed by atoms with E-state index in [0.29, 0.717) is 24.6 Å². The number of fused-ring (bicyclic) bond motifs is 1. The highest BCUT2D eigenvalue weighted by atomic mass is 16.5. The van der Waals surface area contributed by atoms with Gasteiger partial charge in [-0.15, -0.1) is 0 Å². The summed E-state index contributed by atoms with van der Waals surface area (Å²) >= 11 is 0. The van der Waals surface area contributed by atoms with Crippen molar-refractivity contribution in [2.45, 2.75) is 57.7 Å². The highest BCUT2D eigenvalue weighted by Crippen LogP contribution is 2.37. The SMILES string of the molecule is Cc1cc([C@@H]2CCC(N[C@H](C)c3cccc4ccccc34)C2)ccc1OCc1ccccc1. The summed E-state index contributed by atoms with van der Waals surface area (Å²) in [5.74, 6) is 1.60. The van der Waals surface area contributed by atoms with E-state index in [2.05, 4.69) is 104 Å². The number of benzene rings is 4. The molecule has 3 atom stereocenters. The summed E-state index contributed by atoms with van der Waals surface area (Å²) in [7, 11) is 0. The molecule has 0 spiro atoms. The van der Waals surface area contributed by atoms with Gasteiger partial charge in [-0.3, -0.25) is 0 Å². The van der Waals surface area contributed by atoms with Crippen LogP contribution in [0.15, 0.2) is 91.0 Å². The Morgan fingerprint density at radius 3 is 2.52 bits per heavy atom. The van der Waals surface area contributed by atoms with Crippen LogP contribution in [0.4, 0.5) is 0 Å². The number of hydrogen-bond donors (Lipinski definition) is 1. The van der Waals surface area contributed by atoms with E-state index < -0.39 is 0 Å². The highest BCUT2D eigenvalue weighted by Gasteiger charge is 2.27. The summed E-state index contributed by atoms with van der Waals surface area (Å²) in [5, 5.41) is 6.60. The van der Waals surface area contributed by atoms with Crippen LogP contribution in [0.3, 0.4) is 0 Å². The van der Waals surface area contributed by atoms with Gasteiger partial charge < -0.3 is 10.1 Å². The van der Waals surface area contributed by atoms with E-state index in [0.717, 1.165) is 5.75 Å². The van der Waals surface area contributed by atoms with Crippen LogP contribution >= 0.6 is 0 Å². The monoisotopic (exact) mass is 435 g/mol. The van der Waals surface area contributed by atoms with Crippen molar-refractivity contribution in [3.05, 3.63) is 113 Å². The van der Waals surface area contributed by atoms with Crippen molar-refractivity contribution in [2.75, 3.05) is 0 Å². The van der Waals surface area contributed by atoms with Gasteiger partial charge in [0.15, 0.2) is 0 Å². The Morgan fingerprint density at radius 2 is 1.67 bits per heavy atom. The molecule has 168 valence electrons. The number of rotatable bonds is 7. The third kappa shape index (κ3) is 4.96. The molecule has 5 rings (SSSR count). The molecule has 1 aliphatic rings. The first-order valence-electron chi connectivity index (χ1n) is 12.2. The Labute approximate surface area is 197 Å². The topological polar surface area (TPSA) is 21.3 Å². The van der Waals surface area contributed by atoms with Crippen LogP contribution < -0.4 is 10.1 Å². The van der Waals surface area contributed by atoms with Crippen LogP contribution in [0.1, 0.15) is 60.4 Å². The largest absolute Gasteiger partial charge is 0.489 e. The van der Waals surface area contributed by atoms with Gasteiger partial charge in [0.25, 0.3) is 0 Å². The van der Waals surface area contributed by atoms with Crippen LogP contribution in [-0.4, -0.2) is 6.04 Å². The smallest absolute Gasteiger partial charge is 0.122 e. The third-order valence-electron chi connectivity index (χ3n) is 7.12. The van der Waals surface area contributed by atoms with Gasteiger partial charge in [0.2, 0.25) is 0 Å². The summed E-state index contributed by atoms with van der Waals surface area (Å²) in [6, 6.07) is 33.4. The molecule has 2 nitrogen and oxygen atoms in total. The summed E-state index contributed by atoms with van der Waals surface area (Å²) in [5.41, 5.74) is 5.27. The average molecular weight is 436 g/mol. The predicted octanol–water partition coefficient (Wildman–Crippen LogP) is 7.71. The van der Waals surface area contributed by atoms with Crippen molar-refractivity contribution in [3.8, 4) is 5.75 Å². The lowest BCUT2D eigenvalue weighted by atomic mass is 9.95. The van der Waals surface area contributed by atoms with E-state index in [1.54, 1.807) is 0 Å². The van der Waals surface area contributed by atoms with Crippen LogP contribution in [0.2, 0.25) is 0 Å². The normalized spacial score (nSPS) is 19.0. The quantitative estimate of drug-likeness (QED) is 0.321. The maximum Gasteiger partial charge on any atom is 0.122 e. The fraction of sp³-hybridized carbons (Fsp3) is 0.290. The predicted molar refractivity (Wildman–Crippen MR) is 138 cm³/mol. The molecule has 1 fully saturated rings. The number of hydrogen-bond acceptors (Lipinski definition) is 2. The van der Waals surface area contributed by atoms with E-state index in [9.17, 15) is 0 Å². The molecule has 0 heterocycles. The summed E-state index contributed by atoms with van der Waals surface area (Å²) in [4.78, 5) is 0. The van der Waals surface area contributed by atoms with Gasteiger partial charge in [0, 0.05) is 12.1 Å². The Bertz CT molecular complexity index is 1210. The van der Waals surface area contributed by atoms with Gasteiger partial charge in [0.1, 0.15) is 12.4 Å². The van der Waals surface area contributed by atoms with Gasteiger partial charge in [-0.2, -0.15) is 0 Å². The molecule has 0 aromatic heterocycles. The zero-order valence-electron chi connectivity index (χ0n) is 19.6. The highest BCUT2D eigenvalue weighted by molar-refractivity contribution is 5.86. The Kier molecular flexibility index (Phi) is 6.46. The molecule has 0 aliphatic heterocycles. The van der Waals surface area contributed by atoms with Crippen LogP contribution in [0.25, 0.3) is 10.8 Å². The fourth-order valence-corrected chi connectivity index (χ4v) is 5.33. The summed E-state index contributed by atoms with van der Waals surface area (Å²) < 4.78 is 6.09. The molecule has 0 amide bonds. The number of nitrogens with one attached hydrogen (secondary N) is 1. The minimum Gasteiger partial charge on any atom is -0.489 e. The number of aryl methyl sites for hydroxylation is 1. The molecule has 1 N–H and O–H groups in total. The van der Waals surface area contributed by atoms with Crippen LogP contribution in [0.5, 0.6) is 5.75 Å². The van der Waals surface area contributed by atoms with E-state index in [-0.39, 0.29) is 0 Å². The molecule has 0 bridgehead atoms. The second kappa shape index (κ2) is 9.80. The fourth-order valence-electron chi connectivity index (χ4n) is 5.33. The Morgan fingerprint density at radius 1 is 0.879 bits per heavy atom. The molecule has 0 saturated heterocycles. The van der Waals surface area contributed by atoms with Crippen molar-refractivity contribution in [1.29, 1.82) is 0 Å². The Balaban J connectivity index is 1.21. The third-order valence-corrected chi connectivity index (χ3v) is 7.12. The van der Waals surface area contributed by atoms with Crippen molar-refractivity contribution in [1.82, 2.24) is 5.32 Å². The maximum atomic E-state index is 6.09. The van der Waals surface area contributed by atoms with E-state index in [1.165, 1.54) is 52.3 Å². The van der Waals surface area contributed by atoms with Gasteiger partial charge in [0.05, 0.1) is 0 Å². The van der Waals surface area contributed by atoms with Crippen molar-refractivity contribution < 1.29 is 4.74 Å². The second-order valence-electron chi connectivity index (χ2n) is 9.46.